The Labute approximate surface area is 176 Å². The summed E-state index contributed by atoms with van der Waals surface area (Å²) in [6.45, 7) is 9.05. The predicted octanol–water partition coefficient (Wildman–Crippen LogP) is 3.90. The van der Waals surface area contributed by atoms with Crippen molar-refractivity contribution in [3.05, 3.63) is 65.0 Å². The average molecular weight is 433 g/mol. The predicted molar refractivity (Wildman–Crippen MR) is 111 cm³/mol. The van der Waals surface area contributed by atoms with Crippen LogP contribution in [0.2, 0.25) is 0 Å². The largest absolute Gasteiger partial charge is 0.345 e. The Morgan fingerprint density at radius 1 is 1.07 bits per heavy atom. The molecule has 2 aromatic carbocycles. The number of hydrogen-bond acceptors (Lipinski definition) is 4. The van der Waals surface area contributed by atoms with Crippen LogP contribution in [0.5, 0.6) is 0 Å². The minimum absolute atomic E-state index is 0.0613. The fourth-order valence-electron chi connectivity index (χ4n) is 3.57. The molecule has 1 aliphatic rings. The van der Waals surface area contributed by atoms with E-state index in [1.807, 2.05) is 20.8 Å². The van der Waals surface area contributed by atoms with Gasteiger partial charge in [-0.15, -0.1) is 0 Å². The maximum Gasteiger partial charge on any atom is 0.269 e. The van der Waals surface area contributed by atoms with E-state index in [-0.39, 0.29) is 27.3 Å². The van der Waals surface area contributed by atoms with Crippen molar-refractivity contribution in [2.45, 2.75) is 51.6 Å². The van der Waals surface area contributed by atoms with Gasteiger partial charge in [0.15, 0.2) is 0 Å². The molecule has 0 aliphatic carbocycles. The lowest BCUT2D eigenvalue weighted by atomic mass is 9.82. The molecular weight excluding hydrogens is 407 g/mol. The quantitative estimate of drug-likeness (QED) is 0.794. The Morgan fingerprint density at radius 3 is 2.20 bits per heavy atom. The van der Waals surface area contributed by atoms with Crippen molar-refractivity contribution >= 4 is 21.8 Å². The molecule has 8 heteroatoms. The summed E-state index contributed by atoms with van der Waals surface area (Å²) in [7, 11) is -4.00. The Morgan fingerprint density at radius 2 is 1.67 bits per heavy atom. The molecule has 6 nitrogen and oxygen atoms in total. The summed E-state index contributed by atoms with van der Waals surface area (Å²) in [4.78, 5) is 25.3. The first-order valence-corrected chi connectivity index (χ1v) is 11.1. The van der Waals surface area contributed by atoms with E-state index in [9.17, 15) is 22.4 Å². The fourth-order valence-corrected chi connectivity index (χ4v) is 5.36. The molecule has 2 aromatic rings. The van der Waals surface area contributed by atoms with Crippen LogP contribution in [0.15, 0.2) is 47.4 Å². The lowest BCUT2D eigenvalue weighted by molar-refractivity contribution is 0.0844. The van der Waals surface area contributed by atoms with E-state index >= 15 is 0 Å². The van der Waals surface area contributed by atoms with Gasteiger partial charge in [0, 0.05) is 11.6 Å². The summed E-state index contributed by atoms with van der Waals surface area (Å²) >= 11 is 0. The van der Waals surface area contributed by atoms with Crippen molar-refractivity contribution in [2.24, 2.45) is 5.41 Å². The second kappa shape index (κ2) is 7.50. The van der Waals surface area contributed by atoms with Gasteiger partial charge in [0.25, 0.3) is 21.8 Å². The maximum atomic E-state index is 13.3. The molecule has 1 aliphatic heterocycles. The van der Waals surface area contributed by atoms with Gasteiger partial charge >= 0.3 is 0 Å². The number of hydrogen-bond donors (Lipinski definition) is 1. The van der Waals surface area contributed by atoms with Crippen LogP contribution in [-0.4, -0.2) is 30.6 Å². The Balaban J connectivity index is 1.96. The smallest absolute Gasteiger partial charge is 0.269 e. The van der Waals surface area contributed by atoms with E-state index in [1.165, 1.54) is 30.3 Å². The fraction of sp³-hybridized carbons (Fsp3) is 0.364. The highest BCUT2D eigenvalue weighted by molar-refractivity contribution is 7.90. The standard InChI is InChI=1S/C22H25FN2O4S/c1-13(2)25-21(27)17-11-8-15(12-18(17)30(25,28)29)20(26)24-19(22(3,4)5)14-6-9-16(23)10-7-14/h6-13,19H,1-5H3,(H,24,26). The highest BCUT2D eigenvalue weighted by Crippen LogP contribution is 2.35. The molecule has 0 aromatic heterocycles. The lowest BCUT2D eigenvalue weighted by Gasteiger charge is -2.32. The normalized spacial score (nSPS) is 16.5. The highest BCUT2D eigenvalue weighted by Gasteiger charge is 2.43. The molecule has 0 spiro atoms. The second-order valence-corrected chi connectivity index (χ2v) is 10.5. The van der Waals surface area contributed by atoms with Crippen LogP contribution >= 0.6 is 0 Å². The van der Waals surface area contributed by atoms with Crippen molar-refractivity contribution in [3.63, 3.8) is 0 Å². The number of sulfonamides is 1. The van der Waals surface area contributed by atoms with Crippen LogP contribution in [-0.2, 0) is 10.0 Å². The van der Waals surface area contributed by atoms with Gasteiger partial charge in [0.2, 0.25) is 0 Å². The summed E-state index contributed by atoms with van der Waals surface area (Å²) in [5.74, 6) is -1.44. The van der Waals surface area contributed by atoms with Crippen LogP contribution in [0.1, 0.15) is 66.9 Å². The summed E-state index contributed by atoms with van der Waals surface area (Å²) in [6.07, 6.45) is 0. The summed E-state index contributed by atoms with van der Waals surface area (Å²) in [5.41, 5.74) is 0.534. The first kappa shape index (κ1) is 22.0. The first-order chi connectivity index (χ1) is 13.8. The third-order valence-electron chi connectivity index (χ3n) is 5.03. The monoisotopic (exact) mass is 432 g/mol. The molecule has 1 atom stereocenters. The third kappa shape index (κ3) is 3.84. The summed E-state index contributed by atoms with van der Waals surface area (Å²) in [5, 5.41) is 2.92. The number of halogens is 1. The van der Waals surface area contributed by atoms with Gasteiger partial charge in [-0.3, -0.25) is 9.59 Å². The maximum absolute atomic E-state index is 13.3. The number of fused-ring (bicyclic) bond motifs is 1. The number of nitrogens with zero attached hydrogens (tertiary/aromatic N) is 1. The van der Waals surface area contributed by atoms with E-state index in [0.717, 1.165) is 9.87 Å². The minimum Gasteiger partial charge on any atom is -0.345 e. The van der Waals surface area contributed by atoms with Crippen LogP contribution in [0.3, 0.4) is 0 Å². The van der Waals surface area contributed by atoms with Crippen molar-refractivity contribution in [2.75, 3.05) is 0 Å². The summed E-state index contributed by atoms with van der Waals surface area (Å²) < 4.78 is 39.7. The van der Waals surface area contributed by atoms with Crippen molar-refractivity contribution in [1.29, 1.82) is 0 Å². The third-order valence-corrected chi connectivity index (χ3v) is 7.02. The van der Waals surface area contributed by atoms with E-state index in [0.29, 0.717) is 0 Å². The highest BCUT2D eigenvalue weighted by atomic mass is 32.2. The zero-order valence-electron chi connectivity index (χ0n) is 17.6. The zero-order chi connectivity index (χ0) is 22.4. The van der Waals surface area contributed by atoms with Crippen molar-refractivity contribution < 1.29 is 22.4 Å². The zero-order valence-corrected chi connectivity index (χ0v) is 18.4. The molecule has 1 N–H and O–H groups in total. The van der Waals surface area contributed by atoms with E-state index in [2.05, 4.69) is 5.32 Å². The van der Waals surface area contributed by atoms with E-state index in [4.69, 9.17) is 0 Å². The molecule has 2 amide bonds. The van der Waals surface area contributed by atoms with Crippen molar-refractivity contribution in [3.8, 4) is 0 Å². The van der Waals surface area contributed by atoms with Crippen LogP contribution in [0.25, 0.3) is 0 Å². The van der Waals surface area contributed by atoms with Gasteiger partial charge < -0.3 is 5.32 Å². The van der Waals surface area contributed by atoms with E-state index in [1.54, 1.807) is 26.0 Å². The van der Waals surface area contributed by atoms with Gasteiger partial charge in [-0.1, -0.05) is 32.9 Å². The SMILES string of the molecule is CC(C)N1C(=O)c2ccc(C(=O)NC(c3ccc(F)cc3)C(C)(C)C)cc2S1(=O)=O. The Kier molecular flexibility index (Phi) is 5.49. The molecule has 0 radical (unpaired) electrons. The minimum atomic E-state index is -4.00. The Bertz CT molecular complexity index is 1100. The molecule has 1 heterocycles. The summed E-state index contributed by atoms with van der Waals surface area (Å²) in [6, 6.07) is 8.95. The molecule has 0 bridgehead atoms. The number of benzene rings is 2. The molecule has 30 heavy (non-hydrogen) atoms. The van der Waals surface area contributed by atoms with Gasteiger partial charge in [-0.25, -0.2) is 17.1 Å². The van der Waals surface area contributed by atoms with Gasteiger partial charge in [-0.05, 0) is 55.2 Å². The number of carbonyl (C=O) groups excluding carboxylic acids is 2. The van der Waals surface area contributed by atoms with Crippen molar-refractivity contribution in [1.82, 2.24) is 9.62 Å². The van der Waals surface area contributed by atoms with Crippen LogP contribution < -0.4 is 5.32 Å². The van der Waals surface area contributed by atoms with Gasteiger partial charge in [-0.2, -0.15) is 0 Å². The molecule has 0 saturated carbocycles. The number of amides is 2. The number of nitrogens with one attached hydrogen (secondary N) is 1. The molecule has 160 valence electrons. The first-order valence-electron chi connectivity index (χ1n) is 9.63. The average Bonchev–Trinajstić information content (AvgIpc) is 2.85. The molecule has 3 rings (SSSR count). The molecule has 1 unspecified atom stereocenters. The molecular formula is C22H25FN2O4S. The molecule has 0 saturated heterocycles. The number of carbonyl (C=O) groups is 2. The topological polar surface area (TPSA) is 83.6 Å². The van der Waals surface area contributed by atoms with E-state index < -0.39 is 33.9 Å². The van der Waals surface area contributed by atoms with Gasteiger partial charge in [0.1, 0.15) is 10.7 Å². The Hall–Kier alpha value is -2.74. The number of rotatable bonds is 4. The van der Waals surface area contributed by atoms with Crippen LogP contribution in [0.4, 0.5) is 4.39 Å². The second-order valence-electron chi connectivity index (χ2n) is 8.73. The van der Waals surface area contributed by atoms with Crippen LogP contribution in [0, 0.1) is 11.2 Å². The lowest BCUT2D eigenvalue weighted by Crippen LogP contribution is -2.36. The van der Waals surface area contributed by atoms with Gasteiger partial charge in [0.05, 0.1) is 11.6 Å². The molecule has 0 fully saturated rings.